The topological polar surface area (TPSA) is 80.4 Å². The number of nitrogens with zero attached hydrogens (tertiary/aromatic N) is 2. The van der Waals surface area contributed by atoms with Crippen LogP contribution in [-0.4, -0.2) is 35.1 Å². The molecule has 3 rings (SSSR count). The van der Waals surface area contributed by atoms with Crippen molar-refractivity contribution in [3.63, 3.8) is 0 Å². The van der Waals surface area contributed by atoms with Crippen molar-refractivity contribution in [1.82, 2.24) is 10.2 Å². The maximum Gasteiger partial charge on any atom is 0.316 e. The minimum Gasteiger partial charge on any atom is -0.497 e. The van der Waals surface area contributed by atoms with E-state index >= 15 is 0 Å². The fourth-order valence-electron chi connectivity index (χ4n) is 2.31. The highest BCUT2D eigenvalue weighted by atomic mass is 16.5. The Morgan fingerprint density at radius 1 is 1.29 bits per heavy atom. The van der Waals surface area contributed by atoms with Crippen molar-refractivity contribution in [1.29, 1.82) is 0 Å². The first-order valence-corrected chi connectivity index (χ1v) is 6.82. The van der Waals surface area contributed by atoms with Gasteiger partial charge in [0.15, 0.2) is 0 Å². The summed E-state index contributed by atoms with van der Waals surface area (Å²) in [7, 11) is 1.62. The van der Waals surface area contributed by atoms with Crippen LogP contribution in [0.1, 0.15) is 6.42 Å². The SMILES string of the molecule is COc1ccc(-c2nnc(N[C@@H]3C=C[C@H](CO)C3)o2)cc1. The molecule has 0 fully saturated rings. The van der Waals surface area contributed by atoms with Gasteiger partial charge in [0.05, 0.1) is 7.11 Å². The maximum absolute atomic E-state index is 9.10. The molecule has 0 amide bonds. The summed E-state index contributed by atoms with van der Waals surface area (Å²) in [6.45, 7) is 0.162. The number of nitrogens with one attached hydrogen (secondary N) is 1. The Bertz CT molecular complexity index is 621. The minimum atomic E-state index is 0.117. The number of rotatable bonds is 5. The van der Waals surface area contributed by atoms with Gasteiger partial charge in [0, 0.05) is 24.1 Å². The van der Waals surface area contributed by atoms with Crippen LogP contribution < -0.4 is 10.1 Å². The summed E-state index contributed by atoms with van der Waals surface area (Å²) in [5.74, 6) is 1.44. The molecule has 2 aromatic rings. The monoisotopic (exact) mass is 287 g/mol. The third-order valence-corrected chi connectivity index (χ3v) is 3.48. The number of aliphatic hydroxyl groups excluding tert-OH is 1. The lowest BCUT2D eigenvalue weighted by Gasteiger charge is -2.09. The number of hydrogen-bond donors (Lipinski definition) is 2. The molecule has 1 heterocycles. The fraction of sp³-hybridized carbons (Fsp3) is 0.333. The van der Waals surface area contributed by atoms with E-state index in [0.717, 1.165) is 17.7 Å². The van der Waals surface area contributed by atoms with Crippen molar-refractivity contribution in [2.45, 2.75) is 12.5 Å². The molecular formula is C15H17N3O3. The van der Waals surface area contributed by atoms with Gasteiger partial charge in [0.25, 0.3) is 0 Å². The fourth-order valence-corrected chi connectivity index (χ4v) is 2.31. The van der Waals surface area contributed by atoms with Crippen LogP contribution in [0.2, 0.25) is 0 Å². The van der Waals surface area contributed by atoms with E-state index in [1.54, 1.807) is 7.11 Å². The van der Waals surface area contributed by atoms with Crippen LogP contribution in [0.15, 0.2) is 40.8 Å². The van der Waals surface area contributed by atoms with E-state index in [0.29, 0.717) is 11.9 Å². The molecule has 1 aliphatic rings. The van der Waals surface area contributed by atoms with Crippen LogP contribution in [0.3, 0.4) is 0 Å². The van der Waals surface area contributed by atoms with Crippen molar-refractivity contribution in [2.24, 2.45) is 5.92 Å². The highest BCUT2D eigenvalue weighted by Gasteiger charge is 2.20. The second-order valence-electron chi connectivity index (χ2n) is 4.95. The van der Waals surface area contributed by atoms with Crippen LogP contribution in [-0.2, 0) is 0 Å². The van der Waals surface area contributed by atoms with Crippen LogP contribution in [0.4, 0.5) is 6.01 Å². The average molecular weight is 287 g/mol. The molecule has 2 atom stereocenters. The molecular weight excluding hydrogens is 270 g/mol. The Balaban J connectivity index is 1.67. The molecule has 6 nitrogen and oxygen atoms in total. The lowest BCUT2D eigenvalue weighted by molar-refractivity contribution is 0.250. The summed E-state index contributed by atoms with van der Waals surface area (Å²) >= 11 is 0. The third-order valence-electron chi connectivity index (χ3n) is 3.48. The molecule has 2 N–H and O–H groups in total. The number of ether oxygens (including phenoxy) is 1. The Morgan fingerprint density at radius 3 is 2.76 bits per heavy atom. The van der Waals surface area contributed by atoms with Gasteiger partial charge >= 0.3 is 6.01 Å². The Kier molecular flexibility index (Phi) is 3.87. The summed E-state index contributed by atoms with van der Waals surface area (Å²) in [5, 5.41) is 20.3. The molecule has 0 saturated carbocycles. The first kappa shape index (κ1) is 13.6. The van der Waals surface area contributed by atoms with E-state index in [2.05, 4.69) is 15.5 Å². The molecule has 1 aromatic carbocycles. The smallest absolute Gasteiger partial charge is 0.316 e. The molecule has 0 aliphatic heterocycles. The van der Waals surface area contributed by atoms with Gasteiger partial charge in [0.1, 0.15) is 5.75 Å². The zero-order chi connectivity index (χ0) is 14.7. The second kappa shape index (κ2) is 5.97. The Labute approximate surface area is 122 Å². The van der Waals surface area contributed by atoms with Crippen molar-refractivity contribution in [3.8, 4) is 17.2 Å². The molecule has 6 heteroatoms. The molecule has 1 aromatic heterocycles. The van der Waals surface area contributed by atoms with Gasteiger partial charge in [0.2, 0.25) is 5.89 Å². The Morgan fingerprint density at radius 2 is 2.10 bits per heavy atom. The Hall–Kier alpha value is -2.34. The van der Waals surface area contributed by atoms with E-state index in [1.807, 2.05) is 36.4 Å². The van der Waals surface area contributed by atoms with Gasteiger partial charge < -0.3 is 19.6 Å². The molecule has 21 heavy (non-hydrogen) atoms. The summed E-state index contributed by atoms with van der Waals surface area (Å²) in [6.07, 6.45) is 4.84. The van der Waals surface area contributed by atoms with Gasteiger partial charge in [-0.1, -0.05) is 17.3 Å². The number of benzene rings is 1. The predicted molar refractivity (Wildman–Crippen MR) is 78.0 cm³/mol. The van der Waals surface area contributed by atoms with Crippen molar-refractivity contribution >= 4 is 6.01 Å². The number of hydrogen-bond acceptors (Lipinski definition) is 6. The largest absolute Gasteiger partial charge is 0.497 e. The number of anilines is 1. The highest BCUT2D eigenvalue weighted by Crippen LogP contribution is 2.24. The van der Waals surface area contributed by atoms with Crippen LogP contribution in [0, 0.1) is 5.92 Å². The van der Waals surface area contributed by atoms with E-state index in [9.17, 15) is 0 Å². The molecule has 1 aliphatic carbocycles. The van der Waals surface area contributed by atoms with Crippen molar-refractivity contribution in [3.05, 3.63) is 36.4 Å². The van der Waals surface area contributed by atoms with Crippen LogP contribution in [0.5, 0.6) is 5.75 Å². The average Bonchev–Trinajstić information content (AvgIpc) is 3.17. The first-order chi connectivity index (χ1) is 10.3. The molecule has 0 bridgehead atoms. The summed E-state index contributed by atoms with van der Waals surface area (Å²) in [5.41, 5.74) is 0.839. The van der Waals surface area contributed by atoms with Crippen molar-refractivity contribution < 1.29 is 14.3 Å². The van der Waals surface area contributed by atoms with Crippen molar-refractivity contribution in [2.75, 3.05) is 19.0 Å². The predicted octanol–water partition coefficient (Wildman–Crippen LogP) is 2.09. The highest BCUT2D eigenvalue weighted by molar-refractivity contribution is 5.54. The maximum atomic E-state index is 9.10. The van der Waals surface area contributed by atoms with Gasteiger partial charge in [-0.05, 0) is 30.7 Å². The number of aliphatic hydroxyl groups is 1. The quantitative estimate of drug-likeness (QED) is 0.820. The molecule has 0 radical (unpaired) electrons. The number of aromatic nitrogens is 2. The number of methoxy groups -OCH3 is 1. The minimum absolute atomic E-state index is 0.117. The zero-order valence-electron chi connectivity index (χ0n) is 11.7. The van der Waals surface area contributed by atoms with Crippen LogP contribution in [0.25, 0.3) is 11.5 Å². The second-order valence-corrected chi connectivity index (χ2v) is 4.95. The van der Waals surface area contributed by atoms with E-state index in [4.69, 9.17) is 14.3 Å². The van der Waals surface area contributed by atoms with E-state index < -0.39 is 0 Å². The molecule has 110 valence electrons. The molecule has 0 spiro atoms. The third kappa shape index (κ3) is 3.05. The standard InChI is InChI=1S/C15H17N3O3/c1-20-13-6-3-11(4-7-13)14-17-18-15(21-14)16-12-5-2-10(8-12)9-19/h2-7,10,12,19H,8-9H2,1H3,(H,16,18)/t10-,12+/m0/s1. The first-order valence-electron chi connectivity index (χ1n) is 6.82. The summed E-state index contributed by atoms with van der Waals surface area (Å²) < 4.78 is 10.7. The van der Waals surface area contributed by atoms with Crippen LogP contribution >= 0.6 is 0 Å². The lowest BCUT2D eigenvalue weighted by Crippen LogP contribution is -2.16. The summed E-state index contributed by atoms with van der Waals surface area (Å²) in [6, 6.07) is 7.93. The normalized spacial score (nSPS) is 20.7. The zero-order valence-corrected chi connectivity index (χ0v) is 11.7. The van der Waals surface area contributed by atoms with Gasteiger partial charge in [-0.2, -0.15) is 0 Å². The lowest BCUT2D eigenvalue weighted by atomic mass is 10.1. The van der Waals surface area contributed by atoms with E-state index in [1.165, 1.54) is 0 Å². The van der Waals surface area contributed by atoms with Gasteiger partial charge in [-0.25, -0.2) is 0 Å². The van der Waals surface area contributed by atoms with E-state index in [-0.39, 0.29) is 18.6 Å². The van der Waals surface area contributed by atoms with Gasteiger partial charge in [-0.15, -0.1) is 5.10 Å². The molecule has 0 unspecified atom stereocenters. The molecule has 0 saturated heterocycles. The summed E-state index contributed by atoms with van der Waals surface area (Å²) in [4.78, 5) is 0. The van der Waals surface area contributed by atoms with Gasteiger partial charge in [-0.3, -0.25) is 0 Å².